The van der Waals surface area contributed by atoms with Crippen LogP contribution in [0.1, 0.15) is 17.3 Å². The second kappa shape index (κ2) is 7.57. The largest absolute Gasteiger partial charge is 0.368 e. The van der Waals surface area contributed by atoms with Gasteiger partial charge in [-0.25, -0.2) is 0 Å². The number of rotatable bonds is 3. The second-order valence-electron chi connectivity index (χ2n) is 6.00. The zero-order valence-electron chi connectivity index (χ0n) is 14.0. The lowest BCUT2D eigenvalue weighted by Crippen LogP contribution is -2.48. The number of carbonyl (C=O) groups excluding carboxylic acids is 2. The Morgan fingerprint density at radius 1 is 1.00 bits per heavy atom. The summed E-state index contributed by atoms with van der Waals surface area (Å²) in [5, 5.41) is 3.51. The van der Waals surface area contributed by atoms with E-state index in [1.807, 2.05) is 29.2 Å². The standard InChI is InChI=1S/C19H20ClN3O2/c1-14(24)22-9-11-23(12-10-22)18-4-2-3-17(13-18)21-19(25)15-5-7-16(20)8-6-15/h2-8,13H,9-12H2,1H3,(H,21,25). The van der Waals surface area contributed by atoms with Crippen molar-refractivity contribution < 1.29 is 9.59 Å². The highest BCUT2D eigenvalue weighted by Gasteiger charge is 2.19. The van der Waals surface area contributed by atoms with Gasteiger partial charge in [0.1, 0.15) is 0 Å². The summed E-state index contributed by atoms with van der Waals surface area (Å²) in [6, 6.07) is 14.5. The van der Waals surface area contributed by atoms with Gasteiger partial charge in [-0.05, 0) is 42.5 Å². The van der Waals surface area contributed by atoms with E-state index in [1.54, 1.807) is 31.2 Å². The molecule has 0 aliphatic carbocycles. The van der Waals surface area contributed by atoms with Crippen LogP contribution in [-0.2, 0) is 4.79 Å². The zero-order valence-corrected chi connectivity index (χ0v) is 14.8. The minimum atomic E-state index is -0.171. The first-order valence-corrected chi connectivity index (χ1v) is 8.58. The minimum absolute atomic E-state index is 0.114. The number of nitrogens with zero attached hydrogens (tertiary/aromatic N) is 2. The van der Waals surface area contributed by atoms with Crippen LogP contribution in [-0.4, -0.2) is 42.9 Å². The van der Waals surface area contributed by atoms with E-state index in [0.29, 0.717) is 10.6 Å². The average Bonchev–Trinajstić information content (AvgIpc) is 2.62. The van der Waals surface area contributed by atoms with Crippen molar-refractivity contribution in [3.8, 4) is 0 Å². The van der Waals surface area contributed by atoms with Crippen LogP contribution >= 0.6 is 11.6 Å². The van der Waals surface area contributed by atoms with Crippen molar-refractivity contribution in [1.29, 1.82) is 0 Å². The lowest BCUT2D eigenvalue weighted by atomic mass is 10.2. The third-order valence-corrected chi connectivity index (χ3v) is 4.55. The first kappa shape index (κ1) is 17.3. The molecule has 130 valence electrons. The molecule has 1 fully saturated rings. The summed E-state index contributed by atoms with van der Waals surface area (Å²) in [6.07, 6.45) is 0. The molecule has 0 aromatic heterocycles. The van der Waals surface area contributed by atoms with Crippen LogP contribution in [0, 0.1) is 0 Å². The molecule has 0 saturated carbocycles. The summed E-state index contributed by atoms with van der Waals surface area (Å²) in [5.41, 5.74) is 2.34. The summed E-state index contributed by atoms with van der Waals surface area (Å²) in [7, 11) is 0. The molecular weight excluding hydrogens is 338 g/mol. The third-order valence-electron chi connectivity index (χ3n) is 4.30. The SMILES string of the molecule is CC(=O)N1CCN(c2cccc(NC(=O)c3ccc(Cl)cc3)c2)CC1. The van der Waals surface area contributed by atoms with Gasteiger partial charge in [-0.1, -0.05) is 17.7 Å². The third kappa shape index (κ3) is 4.31. The number of hydrogen-bond donors (Lipinski definition) is 1. The molecular formula is C19H20ClN3O2. The molecule has 0 radical (unpaired) electrons. The molecule has 0 bridgehead atoms. The van der Waals surface area contributed by atoms with Crippen LogP contribution in [0.4, 0.5) is 11.4 Å². The average molecular weight is 358 g/mol. The van der Waals surface area contributed by atoms with Crippen LogP contribution in [0.5, 0.6) is 0 Å². The van der Waals surface area contributed by atoms with Crippen LogP contribution in [0.15, 0.2) is 48.5 Å². The number of anilines is 2. The Kier molecular flexibility index (Phi) is 5.24. The van der Waals surface area contributed by atoms with Gasteiger partial charge < -0.3 is 15.1 Å². The molecule has 1 aliphatic rings. The zero-order chi connectivity index (χ0) is 17.8. The maximum absolute atomic E-state index is 12.3. The fraction of sp³-hybridized carbons (Fsp3) is 0.263. The van der Waals surface area contributed by atoms with Crippen molar-refractivity contribution in [2.75, 3.05) is 36.4 Å². The maximum atomic E-state index is 12.3. The predicted molar refractivity (Wildman–Crippen MR) is 100 cm³/mol. The highest BCUT2D eigenvalue weighted by Crippen LogP contribution is 2.21. The lowest BCUT2D eigenvalue weighted by Gasteiger charge is -2.35. The molecule has 0 unspecified atom stereocenters. The summed E-state index contributed by atoms with van der Waals surface area (Å²) < 4.78 is 0. The first-order valence-electron chi connectivity index (χ1n) is 8.20. The van der Waals surface area contributed by atoms with Crippen LogP contribution in [0.25, 0.3) is 0 Å². The van der Waals surface area contributed by atoms with Crippen LogP contribution in [0.2, 0.25) is 5.02 Å². The number of piperazine rings is 1. The van der Waals surface area contributed by atoms with Gasteiger partial charge >= 0.3 is 0 Å². The fourth-order valence-corrected chi connectivity index (χ4v) is 2.99. The van der Waals surface area contributed by atoms with Gasteiger partial charge in [-0.2, -0.15) is 0 Å². The van der Waals surface area contributed by atoms with Gasteiger partial charge in [0.15, 0.2) is 0 Å². The Labute approximate surface area is 152 Å². The van der Waals surface area contributed by atoms with Crippen molar-refractivity contribution in [2.45, 2.75) is 6.92 Å². The molecule has 1 heterocycles. The number of carbonyl (C=O) groups is 2. The number of nitrogens with one attached hydrogen (secondary N) is 1. The Bertz CT molecular complexity index is 768. The topological polar surface area (TPSA) is 52.7 Å². The molecule has 0 spiro atoms. The number of benzene rings is 2. The van der Waals surface area contributed by atoms with Crippen molar-refractivity contribution in [2.24, 2.45) is 0 Å². The number of amides is 2. The van der Waals surface area contributed by atoms with Crippen molar-refractivity contribution in [1.82, 2.24) is 4.90 Å². The normalized spacial score (nSPS) is 14.3. The molecule has 1 aliphatic heterocycles. The smallest absolute Gasteiger partial charge is 0.255 e. The maximum Gasteiger partial charge on any atom is 0.255 e. The molecule has 2 aromatic carbocycles. The fourth-order valence-electron chi connectivity index (χ4n) is 2.86. The van der Waals surface area contributed by atoms with E-state index in [2.05, 4.69) is 10.2 Å². The van der Waals surface area contributed by atoms with Gasteiger partial charge in [0.2, 0.25) is 5.91 Å². The van der Waals surface area contributed by atoms with Gasteiger partial charge in [0.25, 0.3) is 5.91 Å². The monoisotopic (exact) mass is 357 g/mol. The summed E-state index contributed by atoms with van der Waals surface area (Å²) in [5.74, 6) is -0.0566. The van der Waals surface area contributed by atoms with E-state index in [4.69, 9.17) is 11.6 Å². The molecule has 5 nitrogen and oxygen atoms in total. The van der Waals surface area contributed by atoms with E-state index in [-0.39, 0.29) is 11.8 Å². The molecule has 25 heavy (non-hydrogen) atoms. The van der Waals surface area contributed by atoms with E-state index in [1.165, 1.54) is 0 Å². The Hall–Kier alpha value is -2.53. The van der Waals surface area contributed by atoms with Crippen molar-refractivity contribution >= 4 is 34.8 Å². The van der Waals surface area contributed by atoms with E-state index in [9.17, 15) is 9.59 Å². The highest BCUT2D eigenvalue weighted by atomic mass is 35.5. The van der Waals surface area contributed by atoms with E-state index < -0.39 is 0 Å². The van der Waals surface area contributed by atoms with Gasteiger partial charge in [0, 0.05) is 55.1 Å². The molecule has 6 heteroatoms. The van der Waals surface area contributed by atoms with Gasteiger partial charge in [0.05, 0.1) is 0 Å². The quantitative estimate of drug-likeness (QED) is 0.917. The Morgan fingerprint density at radius 2 is 1.68 bits per heavy atom. The Balaban J connectivity index is 1.66. The van der Waals surface area contributed by atoms with Crippen molar-refractivity contribution in [3.63, 3.8) is 0 Å². The van der Waals surface area contributed by atoms with E-state index >= 15 is 0 Å². The molecule has 1 N–H and O–H groups in total. The first-order chi connectivity index (χ1) is 12.0. The molecule has 2 amide bonds. The summed E-state index contributed by atoms with van der Waals surface area (Å²) in [6.45, 7) is 4.61. The highest BCUT2D eigenvalue weighted by molar-refractivity contribution is 6.30. The minimum Gasteiger partial charge on any atom is -0.368 e. The predicted octanol–water partition coefficient (Wildman–Crippen LogP) is 3.26. The van der Waals surface area contributed by atoms with E-state index in [0.717, 1.165) is 37.6 Å². The second-order valence-corrected chi connectivity index (χ2v) is 6.44. The Morgan fingerprint density at radius 3 is 2.32 bits per heavy atom. The summed E-state index contributed by atoms with van der Waals surface area (Å²) >= 11 is 5.85. The molecule has 0 atom stereocenters. The molecule has 2 aromatic rings. The van der Waals surface area contributed by atoms with Crippen LogP contribution < -0.4 is 10.2 Å². The van der Waals surface area contributed by atoms with Crippen molar-refractivity contribution in [3.05, 3.63) is 59.1 Å². The number of halogens is 1. The number of hydrogen-bond acceptors (Lipinski definition) is 3. The van der Waals surface area contributed by atoms with Crippen LogP contribution in [0.3, 0.4) is 0 Å². The van der Waals surface area contributed by atoms with Gasteiger partial charge in [-0.3, -0.25) is 9.59 Å². The summed E-state index contributed by atoms with van der Waals surface area (Å²) in [4.78, 5) is 27.8. The van der Waals surface area contributed by atoms with Gasteiger partial charge in [-0.15, -0.1) is 0 Å². The molecule has 1 saturated heterocycles. The molecule has 3 rings (SSSR count). The lowest BCUT2D eigenvalue weighted by molar-refractivity contribution is -0.129.